The third-order valence-electron chi connectivity index (χ3n) is 5.42. The molecule has 0 radical (unpaired) electrons. The number of hydrogen-bond donors (Lipinski definition) is 2. The number of methoxy groups -OCH3 is 4. The van der Waals surface area contributed by atoms with Crippen molar-refractivity contribution in [3.8, 4) is 23.0 Å². The molecule has 4 rings (SSSR count). The summed E-state index contributed by atoms with van der Waals surface area (Å²) in [6.07, 6.45) is 0.737. The smallest absolute Gasteiger partial charge is 0.251 e. The Bertz CT molecular complexity index is 1300. The van der Waals surface area contributed by atoms with E-state index in [9.17, 15) is 4.79 Å². The third kappa shape index (κ3) is 5.58. The summed E-state index contributed by atoms with van der Waals surface area (Å²) >= 11 is 1.46. The largest absolute Gasteiger partial charge is 0.497 e. The van der Waals surface area contributed by atoms with Crippen LogP contribution >= 0.6 is 11.3 Å². The van der Waals surface area contributed by atoms with Gasteiger partial charge < -0.3 is 29.6 Å². The van der Waals surface area contributed by atoms with E-state index in [4.69, 9.17) is 18.9 Å². The van der Waals surface area contributed by atoms with Crippen molar-refractivity contribution in [2.75, 3.05) is 40.3 Å². The minimum Gasteiger partial charge on any atom is -0.497 e. The van der Waals surface area contributed by atoms with Crippen molar-refractivity contribution in [3.05, 3.63) is 65.7 Å². The van der Waals surface area contributed by atoms with Crippen LogP contribution in [0.25, 0.3) is 10.2 Å². The number of thiazole rings is 1. The predicted molar refractivity (Wildman–Crippen MR) is 138 cm³/mol. The Morgan fingerprint density at radius 2 is 1.60 bits per heavy atom. The Kier molecular flexibility index (Phi) is 7.57. The first-order valence-electron chi connectivity index (χ1n) is 10.9. The molecular weight excluding hydrogens is 466 g/mol. The van der Waals surface area contributed by atoms with Gasteiger partial charge in [-0.1, -0.05) is 23.5 Å². The van der Waals surface area contributed by atoms with Crippen LogP contribution in [-0.2, 0) is 6.42 Å². The lowest BCUT2D eigenvalue weighted by molar-refractivity contribution is 0.0954. The maximum Gasteiger partial charge on any atom is 0.251 e. The Balaban J connectivity index is 1.43. The van der Waals surface area contributed by atoms with E-state index in [0.717, 1.165) is 33.6 Å². The van der Waals surface area contributed by atoms with Crippen molar-refractivity contribution in [1.82, 2.24) is 10.3 Å². The van der Waals surface area contributed by atoms with Crippen molar-refractivity contribution < 1.29 is 23.7 Å². The number of ether oxygens (including phenoxy) is 4. The molecular formula is C26H27N3O5S. The summed E-state index contributed by atoms with van der Waals surface area (Å²) in [6.45, 7) is 0.541. The minimum absolute atomic E-state index is 0.118. The fourth-order valence-corrected chi connectivity index (χ4v) is 4.54. The molecule has 3 aromatic carbocycles. The summed E-state index contributed by atoms with van der Waals surface area (Å²) in [6, 6.07) is 16.9. The van der Waals surface area contributed by atoms with Crippen LogP contribution in [0.15, 0.2) is 54.6 Å². The van der Waals surface area contributed by atoms with E-state index in [1.165, 1.54) is 11.3 Å². The molecule has 1 amide bonds. The van der Waals surface area contributed by atoms with Gasteiger partial charge in [0, 0.05) is 29.9 Å². The molecule has 8 nitrogen and oxygen atoms in total. The highest BCUT2D eigenvalue weighted by Crippen LogP contribution is 2.41. The molecule has 0 atom stereocenters. The predicted octanol–water partition coefficient (Wildman–Crippen LogP) is 5.05. The van der Waals surface area contributed by atoms with Crippen molar-refractivity contribution in [2.24, 2.45) is 0 Å². The number of fused-ring (bicyclic) bond motifs is 1. The zero-order valence-electron chi connectivity index (χ0n) is 20.0. The summed E-state index contributed by atoms with van der Waals surface area (Å²) in [5.74, 6) is 2.31. The van der Waals surface area contributed by atoms with Crippen LogP contribution in [0.4, 0.5) is 10.8 Å². The minimum atomic E-state index is -0.118. The summed E-state index contributed by atoms with van der Waals surface area (Å²) in [5.41, 5.74) is 3.27. The number of amides is 1. The molecule has 0 aliphatic rings. The van der Waals surface area contributed by atoms with Gasteiger partial charge in [-0.25, -0.2) is 4.98 Å². The quantitative estimate of drug-likeness (QED) is 0.320. The average Bonchev–Trinajstić information content (AvgIpc) is 3.29. The number of aromatic nitrogens is 1. The Morgan fingerprint density at radius 3 is 2.23 bits per heavy atom. The van der Waals surface area contributed by atoms with Gasteiger partial charge in [-0.15, -0.1) is 0 Å². The second kappa shape index (κ2) is 11.0. The van der Waals surface area contributed by atoms with Crippen molar-refractivity contribution in [3.63, 3.8) is 0 Å². The number of rotatable bonds is 10. The third-order valence-corrected chi connectivity index (χ3v) is 6.36. The highest BCUT2D eigenvalue weighted by Gasteiger charge is 2.15. The van der Waals surface area contributed by atoms with E-state index in [1.807, 2.05) is 48.5 Å². The molecule has 35 heavy (non-hydrogen) atoms. The maximum atomic E-state index is 12.7. The molecule has 0 saturated heterocycles. The lowest BCUT2D eigenvalue weighted by atomic mass is 10.1. The van der Waals surface area contributed by atoms with Gasteiger partial charge >= 0.3 is 0 Å². The van der Waals surface area contributed by atoms with Gasteiger partial charge in [-0.05, 0) is 42.3 Å². The second-order valence-electron chi connectivity index (χ2n) is 7.59. The highest BCUT2D eigenvalue weighted by molar-refractivity contribution is 7.22. The molecule has 0 fully saturated rings. The van der Waals surface area contributed by atoms with Crippen molar-refractivity contribution in [2.45, 2.75) is 6.42 Å². The molecule has 0 saturated carbocycles. The fourth-order valence-electron chi connectivity index (χ4n) is 3.61. The molecule has 0 unspecified atom stereocenters. The van der Waals surface area contributed by atoms with Gasteiger partial charge in [-0.2, -0.15) is 0 Å². The molecule has 2 N–H and O–H groups in total. The maximum absolute atomic E-state index is 12.7. The van der Waals surface area contributed by atoms with Crippen molar-refractivity contribution >= 4 is 38.3 Å². The summed E-state index contributed by atoms with van der Waals surface area (Å²) in [4.78, 5) is 17.3. The molecule has 4 aromatic rings. The molecule has 1 heterocycles. The second-order valence-corrected chi connectivity index (χ2v) is 8.63. The number of carbonyl (C=O) groups excluding carboxylic acids is 1. The SMILES string of the molecule is COc1ccc(CCNC(=O)c2ccc3nc(Nc4cc(OC)c(OC)c(OC)c4)sc3c2)cc1. The Hall–Kier alpha value is -3.98. The monoisotopic (exact) mass is 493 g/mol. The number of anilines is 2. The zero-order valence-corrected chi connectivity index (χ0v) is 20.8. The van der Waals surface area contributed by atoms with Gasteiger partial charge in [0.2, 0.25) is 5.75 Å². The lowest BCUT2D eigenvalue weighted by Crippen LogP contribution is -2.25. The van der Waals surface area contributed by atoms with E-state index >= 15 is 0 Å². The van der Waals surface area contributed by atoms with E-state index in [2.05, 4.69) is 15.6 Å². The zero-order chi connectivity index (χ0) is 24.8. The van der Waals surface area contributed by atoms with Crippen molar-refractivity contribution in [1.29, 1.82) is 0 Å². The summed E-state index contributed by atoms with van der Waals surface area (Å²) < 4.78 is 22.3. The number of nitrogens with zero attached hydrogens (tertiary/aromatic N) is 1. The molecule has 182 valence electrons. The standard InChI is InChI=1S/C26H27N3O5S/c1-31-19-8-5-16(6-9-19)11-12-27-25(30)17-7-10-20-23(13-17)35-26(29-20)28-18-14-21(32-2)24(34-4)22(15-18)33-3/h5-10,13-15H,11-12H2,1-4H3,(H,27,30)(H,28,29). The number of carbonyl (C=O) groups is 1. The summed E-state index contributed by atoms with van der Waals surface area (Å²) in [7, 11) is 6.35. The van der Waals surface area contributed by atoms with Gasteiger partial charge in [0.05, 0.1) is 38.7 Å². The van der Waals surface area contributed by atoms with Crippen LogP contribution in [0.2, 0.25) is 0 Å². The fraction of sp³-hybridized carbons (Fsp3) is 0.231. The van der Waals surface area contributed by atoms with Crippen LogP contribution in [-0.4, -0.2) is 45.9 Å². The number of nitrogens with one attached hydrogen (secondary N) is 2. The van der Waals surface area contributed by atoms with E-state index in [1.54, 1.807) is 34.5 Å². The molecule has 0 aliphatic heterocycles. The first kappa shape index (κ1) is 24.2. The van der Waals surface area contributed by atoms with E-state index in [-0.39, 0.29) is 5.91 Å². The van der Waals surface area contributed by atoms with Crippen LogP contribution in [0, 0.1) is 0 Å². The normalized spacial score (nSPS) is 10.6. The molecule has 9 heteroatoms. The Labute approximate surface area is 207 Å². The van der Waals surface area contributed by atoms with Crippen LogP contribution in [0.3, 0.4) is 0 Å². The van der Waals surface area contributed by atoms with Gasteiger partial charge in [0.1, 0.15) is 5.75 Å². The highest BCUT2D eigenvalue weighted by atomic mass is 32.1. The molecule has 0 bridgehead atoms. The summed E-state index contributed by atoms with van der Waals surface area (Å²) in [5, 5.41) is 6.95. The van der Waals surface area contributed by atoms with E-state index in [0.29, 0.717) is 34.5 Å². The van der Waals surface area contributed by atoms with E-state index < -0.39 is 0 Å². The lowest BCUT2D eigenvalue weighted by Gasteiger charge is -2.14. The molecule has 0 spiro atoms. The van der Waals surface area contributed by atoms with Crippen LogP contribution < -0.4 is 29.6 Å². The first-order chi connectivity index (χ1) is 17.0. The van der Waals surface area contributed by atoms with Gasteiger partial charge in [-0.3, -0.25) is 4.79 Å². The Morgan fingerprint density at radius 1 is 0.886 bits per heavy atom. The number of hydrogen-bond acceptors (Lipinski definition) is 8. The van der Waals surface area contributed by atoms with Crippen LogP contribution in [0.5, 0.6) is 23.0 Å². The molecule has 0 aliphatic carbocycles. The van der Waals surface area contributed by atoms with Gasteiger partial charge in [0.25, 0.3) is 5.91 Å². The number of benzene rings is 3. The average molecular weight is 494 g/mol. The van der Waals surface area contributed by atoms with Crippen LogP contribution in [0.1, 0.15) is 15.9 Å². The first-order valence-corrected chi connectivity index (χ1v) is 11.7. The van der Waals surface area contributed by atoms with Gasteiger partial charge in [0.15, 0.2) is 16.6 Å². The topological polar surface area (TPSA) is 90.9 Å². The molecule has 1 aromatic heterocycles.